The molecule has 0 radical (unpaired) electrons. The quantitative estimate of drug-likeness (QED) is 0.847. The van der Waals surface area contributed by atoms with Crippen molar-refractivity contribution in [2.24, 2.45) is 0 Å². The molecule has 0 aromatic carbocycles. The highest BCUT2D eigenvalue weighted by atomic mass is 35.5. The molecule has 2 atom stereocenters. The van der Waals surface area contributed by atoms with Crippen molar-refractivity contribution in [3.63, 3.8) is 0 Å². The second-order valence-electron chi connectivity index (χ2n) is 4.95. The molecule has 106 valence electrons. The maximum absolute atomic E-state index is 12.0. The van der Waals surface area contributed by atoms with Gasteiger partial charge in [-0.3, -0.25) is 4.98 Å². The fourth-order valence-corrected chi connectivity index (χ4v) is 4.09. The van der Waals surface area contributed by atoms with Crippen molar-refractivity contribution in [2.75, 3.05) is 5.75 Å². The third-order valence-corrected chi connectivity index (χ3v) is 5.35. The van der Waals surface area contributed by atoms with Crippen LogP contribution in [0.3, 0.4) is 0 Å². The normalized spacial score (nSPS) is 24.3. The third kappa shape index (κ3) is 4.75. The molecule has 6 heteroatoms. The molecule has 0 aliphatic heterocycles. The van der Waals surface area contributed by atoms with Crippen LogP contribution in [-0.4, -0.2) is 30.6 Å². The van der Waals surface area contributed by atoms with Crippen LogP contribution in [0.25, 0.3) is 0 Å². The van der Waals surface area contributed by atoms with Crippen molar-refractivity contribution in [3.8, 4) is 0 Å². The number of hydrogen-bond donors (Lipinski definition) is 1. The van der Waals surface area contributed by atoms with Crippen LogP contribution in [0, 0.1) is 0 Å². The number of aryl methyl sites for hydroxylation is 1. The van der Waals surface area contributed by atoms with Crippen molar-refractivity contribution in [2.45, 2.75) is 43.5 Å². The molecule has 19 heavy (non-hydrogen) atoms. The maximum Gasteiger partial charge on any atom is 0.212 e. The van der Waals surface area contributed by atoms with Crippen molar-refractivity contribution < 1.29 is 8.42 Å². The van der Waals surface area contributed by atoms with Crippen LogP contribution in [0.4, 0.5) is 0 Å². The van der Waals surface area contributed by atoms with Crippen LogP contribution in [0.5, 0.6) is 0 Å². The van der Waals surface area contributed by atoms with E-state index in [9.17, 15) is 8.42 Å². The summed E-state index contributed by atoms with van der Waals surface area (Å²) in [7, 11) is -3.27. The molecular weight excluding hydrogens is 284 g/mol. The molecule has 0 amide bonds. The van der Waals surface area contributed by atoms with Gasteiger partial charge in [0.05, 0.1) is 5.75 Å². The third-order valence-electron chi connectivity index (χ3n) is 3.42. The maximum atomic E-state index is 12.0. The number of sulfonamides is 1. The van der Waals surface area contributed by atoms with Crippen LogP contribution in [0.1, 0.15) is 31.2 Å². The molecule has 1 heterocycles. The fourth-order valence-electron chi connectivity index (χ4n) is 2.31. The summed E-state index contributed by atoms with van der Waals surface area (Å²) in [6.07, 6.45) is 7.69. The van der Waals surface area contributed by atoms with Crippen molar-refractivity contribution in [1.29, 1.82) is 0 Å². The second kappa shape index (κ2) is 6.68. The van der Waals surface area contributed by atoms with Gasteiger partial charge in [-0.2, -0.15) is 0 Å². The molecular formula is C13H19ClN2O2S. The second-order valence-corrected chi connectivity index (χ2v) is 7.38. The van der Waals surface area contributed by atoms with Crippen molar-refractivity contribution in [1.82, 2.24) is 9.71 Å². The molecule has 0 saturated heterocycles. The lowest BCUT2D eigenvalue weighted by molar-refractivity contribution is 0.418. The van der Waals surface area contributed by atoms with E-state index in [1.54, 1.807) is 12.4 Å². The first-order valence-electron chi connectivity index (χ1n) is 6.60. The van der Waals surface area contributed by atoms with Gasteiger partial charge in [-0.25, -0.2) is 13.1 Å². The average Bonchev–Trinajstić information content (AvgIpc) is 2.40. The van der Waals surface area contributed by atoms with Crippen LogP contribution in [0.2, 0.25) is 0 Å². The van der Waals surface area contributed by atoms with Gasteiger partial charge in [0.1, 0.15) is 0 Å². The minimum absolute atomic E-state index is 0.0792. The SMILES string of the molecule is O=S(=O)(CCc1ccncc1)NC1CCCCC1Cl. The highest BCUT2D eigenvalue weighted by molar-refractivity contribution is 7.89. The molecule has 1 aliphatic carbocycles. The Bertz CT molecular complexity index is 493. The molecule has 1 aromatic rings. The summed E-state index contributed by atoms with van der Waals surface area (Å²) in [4.78, 5) is 3.91. The Morgan fingerprint density at radius 3 is 2.63 bits per heavy atom. The number of rotatable bonds is 5. The number of halogens is 1. The molecule has 1 aromatic heterocycles. The molecule has 2 rings (SSSR count). The molecule has 1 N–H and O–H groups in total. The van der Waals surface area contributed by atoms with Gasteiger partial charge in [0.2, 0.25) is 10.0 Å². The van der Waals surface area contributed by atoms with E-state index >= 15 is 0 Å². The Labute approximate surface area is 119 Å². The van der Waals surface area contributed by atoms with E-state index < -0.39 is 10.0 Å². The van der Waals surface area contributed by atoms with Crippen LogP contribution < -0.4 is 4.72 Å². The topological polar surface area (TPSA) is 59.1 Å². The Hall–Kier alpha value is -0.650. The summed E-state index contributed by atoms with van der Waals surface area (Å²) in [6.45, 7) is 0. The number of aromatic nitrogens is 1. The highest BCUT2D eigenvalue weighted by Crippen LogP contribution is 2.23. The summed E-state index contributed by atoms with van der Waals surface area (Å²) in [6, 6.07) is 3.55. The molecule has 4 nitrogen and oxygen atoms in total. The summed E-state index contributed by atoms with van der Waals surface area (Å²) in [5.41, 5.74) is 0.978. The van der Waals surface area contributed by atoms with Gasteiger partial charge >= 0.3 is 0 Å². The Morgan fingerprint density at radius 2 is 1.95 bits per heavy atom. The molecule has 2 unspecified atom stereocenters. The average molecular weight is 303 g/mol. The van der Waals surface area contributed by atoms with E-state index in [1.807, 2.05) is 12.1 Å². The predicted octanol–water partition coefficient (Wildman–Crippen LogP) is 2.09. The van der Waals surface area contributed by atoms with E-state index in [2.05, 4.69) is 9.71 Å². The van der Waals surface area contributed by atoms with Crippen LogP contribution >= 0.6 is 11.6 Å². The van der Waals surface area contributed by atoms with Gasteiger partial charge in [0.15, 0.2) is 0 Å². The zero-order valence-corrected chi connectivity index (χ0v) is 12.3. The van der Waals surface area contributed by atoms with Gasteiger partial charge in [0, 0.05) is 23.8 Å². The summed E-state index contributed by atoms with van der Waals surface area (Å²) in [5, 5.41) is -0.0792. The Balaban J connectivity index is 1.88. The Morgan fingerprint density at radius 1 is 1.26 bits per heavy atom. The minimum atomic E-state index is -3.27. The molecule has 1 fully saturated rings. The van der Waals surface area contributed by atoms with E-state index in [0.29, 0.717) is 6.42 Å². The van der Waals surface area contributed by atoms with Gasteiger partial charge in [-0.1, -0.05) is 12.8 Å². The van der Waals surface area contributed by atoms with Gasteiger partial charge in [-0.15, -0.1) is 11.6 Å². The lowest BCUT2D eigenvalue weighted by Gasteiger charge is -2.27. The van der Waals surface area contributed by atoms with E-state index in [1.165, 1.54) is 0 Å². The first kappa shape index (κ1) is 14.8. The minimum Gasteiger partial charge on any atom is -0.265 e. The fraction of sp³-hybridized carbons (Fsp3) is 0.615. The summed E-state index contributed by atoms with van der Waals surface area (Å²) < 4.78 is 26.8. The highest BCUT2D eigenvalue weighted by Gasteiger charge is 2.26. The first-order chi connectivity index (χ1) is 9.07. The first-order valence-corrected chi connectivity index (χ1v) is 8.69. The van der Waals surface area contributed by atoms with E-state index in [4.69, 9.17) is 11.6 Å². The van der Waals surface area contributed by atoms with E-state index in [-0.39, 0.29) is 17.2 Å². The number of alkyl halides is 1. The predicted molar refractivity (Wildman–Crippen MR) is 76.8 cm³/mol. The zero-order valence-electron chi connectivity index (χ0n) is 10.8. The number of pyridine rings is 1. The summed E-state index contributed by atoms with van der Waals surface area (Å²) >= 11 is 6.17. The number of nitrogens with zero attached hydrogens (tertiary/aromatic N) is 1. The zero-order chi connectivity index (χ0) is 13.7. The molecule has 0 spiro atoms. The molecule has 0 bridgehead atoms. The number of nitrogens with one attached hydrogen (secondary N) is 1. The molecule has 1 aliphatic rings. The lowest BCUT2D eigenvalue weighted by atomic mass is 9.96. The standard InChI is InChI=1S/C13H19ClN2O2S/c14-12-3-1-2-4-13(12)16-19(17,18)10-7-11-5-8-15-9-6-11/h5-6,8-9,12-13,16H,1-4,7,10H2. The van der Waals surface area contributed by atoms with Gasteiger partial charge in [-0.05, 0) is 37.0 Å². The summed E-state index contributed by atoms with van der Waals surface area (Å²) in [5.74, 6) is 0.0944. The molecule has 1 saturated carbocycles. The van der Waals surface area contributed by atoms with Crippen LogP contribution in [0.15, 0.2) is 24.5 Å². The largest absolute Gasteiger partial charge is 0.265 e. The van der Waals surface area contributed by atoms with Gasteiger partial charge < -0.3 is 0 Å². The van der Waals surface area contributed by atoms with Gasteiger partial charge in [0.25, 0.3) is 0 Å². The Kier molecular flexibility index (Phi) is 5.19. The van der Waals surface area contributed by atoms with Crippen molar-refractivity contribution in [3.05, 3.63) is 30.1 Å². The monoisotopic (exact) mass is 302 g/mol. The number of hydrogen-bond acceptors (Lipinski definition) is 3. The smallest absolute Gasteiger partial charge is 0.212 e. The lowest BCUT2D eigenvalue weighted by Crippen LogP contribution is -2.43. The van der Waals surface area contributed by atoms with Crippen molar-refractivity contribution >= 4 is 21.6 Å². The van der Waals surface area contributed by atoms with Crippen LogP contribution in [-0.2, 0) is 16.4 Å². The van der Waals surface area contributed by atoms with E-state index in [0.717, 1.165) is 31.2 Å².